The minimum Gasteiger partial charge on any atom is -0.491 e. The third-order valence-electron chi connectivity index (χ3n) is 6.60. The standard InChI is InChI=1S/C30H30N4O5S2/c1-19(14-15-34(2)3)39-22-11-8-20(9-12-22)30-32-18-23(40-30)17-31-28(35)21-10-13-27-25(16-21)33-29(36)24-6-4-5-7-26(24)41(27,37)38/h4-13,16,18-19H,14-15,17H2,1-3H3,(H,31,35)(H,33,36). The maximum atomic E-state index is 13.2. The molecule has 1 aromatic heterocycles. The Morgan fingerprint density at radius 3 is 2.59 bits per heavy atom. The molecule has 41 heavy (non-hydrogen) atoms. The van der Waals surface area contributed by atoms with Crippen LogP contribution in [0.15, 0.2) is 82.7 Å². The fourth-order valence-corrected chi connectivity index (χ4v) is 6.85. The predicted octanol–water partition coefficient (Wildman–Crippen LogP) is 4.86. The van der Waals surface area contributed by atoms with Gasteiger partial charge in [0.15, 0.2) is 0 Å². The number of carbonyl (C=O) groups is 2. The topological polar surface area (TPSA) is 118 Å². The second-order valence-corrected chi connectivity index (χ2v) is 13.0. The summed E-state index contributed by atoms with van der Waals surface area (Å²) < 4.78 is 32.4. The van der Waals surface area contributed by atoms with Crippen molar-refractivity contribution in [3.05, 3.63) is 88.9 Å². The third kappa shape index (κ3) is 6.32. The molecule has 0 saturated carbocycles. The second-order valence-electron chi connectivity index (χ2n) is 10.0. The fraction of sp³-hybridized carbons (Fsp3) is 0.233. The predicted molar refractivity (Wildman–Crippen MR) is 158 cm³/mol. The van der Waals surface area contributed by atoms with E-state index in [4.69, 9.17) is 4.74 Å². The van der Waals surface area contributed by atoms with Crippen molar-refractivity contribution < 1.29 is 22.7 Å². The van der Waals surface area contributed by atoms with E-state index in [0.29, 0.717) is 0 Å². The molecule has 4 aromatic rings. The summed E-state index contributed by atoms with van der Waals surface area (Å²) in [5.41, 5.74) is 1.31. The number of hydrogen-bond acceptors (Lipinski definition) is 8. The van der Waals surface area contributed by atoms with Crippen molar-refractivity contribution in [2.75, 3.05) is 26.0 Å². The molecule has 2 N–H and O–H groups in total. The van der Waals surface area contributed by atoms with Gasteiger partial charge in [-0.3, -0.25) is 9.59 Å². The molecule has 3 aromatic carbocycles. The Kier molecular flexibility index (Phi) is 8.20. The molecule has 2 amide bonds. The number of ether oxygens (including phenoxy) is 1. The first kappa shape index (κ1) is 28.5. The van der Waals surface area contributed by atoms with Gasteiger partial charge in [-0.25, -0.2) is 13.4 Å². The molecule has 1 aliphatic rings. The molecule has 0 fully saturated rings. The zero-order chi connectivity index (χ0) is 29.1. The number of nitrogens with one attached hydrogen (secondary N) is 2. The number of fused-ring (bicyclic) bond motifs is 2. The summed E-state index contributed by atoms with van der Waals surface area (Å²) in [4.78, 5) is 33.0. The highest BCUT2D eigenvalue weighted by atomic mass is 32.2. The van der Waals surface area contributed by atoms with Gasteiger partial charge in [-0.05, 0) is 82.0 Å². The average Bonchev–Trinajstić information content (AvgIpc) is 3.41. The first-order valence-corrected chi connectivity index (χ1v) is 15.4. The maximum absolute atomic E-state index is 13.2. The van der Waals surface area contributed by atoms with Gasteiger partial charge in [0.1, 0.15) is 10.8 Å². The van der Waals surface area contributed by atoms with Gasteiger partial charge in [-0.1, -0.05) is 12.1 Å². The molecule has 1 atom stereocenters. The smallest absolute Gasteiger partial charge is 0.257 e. The van der Waals surface area contributed by atoms with Crippen LogP contribution in [-0.4, -0.2) is 56.9 Å². The van der Waals surface area contributed by atoms with Crippen LogP contribution >= 0.6 is 11.3 Å². The summed E-state index contributed by atoms with van der Waals surface area (Å²) in [6, 6.07) is 18.0. The lowest BCUT2D eigenvalue weighted by Gasteiger charge is -2.17. The minimum absolute atomic E-state index is 0.0566. The van der Waals surface area contributed by atoms with Crippen molar-refractivity contribution in [2.45, 2.75) is 35.8 Å². The van der Waals surface area contributed by atoms with Crippen LogP contribution in [0.2, 0.25) is 0 Å². The molecule has 0 spiro atoms. The van der Waals surface area contributed by atoms with Crippen molar-refractivity contribution in [3.8, 4) is 16.3 Å². The molecule has 0 bridgehead atoms. The van der Waals surface area contributed by atoms with Gasteiger partial charge >= 0.3 is 0 Å². The van der Waals surface area contributed by atoms with Crippen LogP contribution in [0, 0.1) is 0 Å². The summed E-state index contributed by atoms with van der Waals surface area (Å²) in [5, 5.41) is 6.30. The summed E-state index contributed by atoms with van der Waals surface area (Å²) in [6.07, 6.45) is 2.76. The number of benzene rings is 3. The lowest BCUT2D eigenvalue weighted by atomic mass is 10.1. The molecule has 9 nitrogen and oxygen atoms in total. The van der Waals surface area contributed by atoms with Gasteiger partial charge < -0.3 is 20.3 Å². The normalized spacial score (nSPS) is 14.4. The quantitative estimate of drug-likeness (QED) is 0.286. The van der Waals surface area contributed by atoms with E-state index in [1.54, 1.807) is 18.3 Å². The molecule has 0 radical (unpaired) electrons. The van der Waals surface area contributed by atoms with Crippen LogP contribution in [-0.2, 0) is 16.4 Å². The zero-order valence-electron chi connectivity index (χ0n) is 22.9. The highest BCUT2D eigenvalue weighted by Gasteiger charge is 2.31. The molecule has 11 heteroatoms. The Morgan fingerprint density at radius 2 is 1.83 bits per heavy atom. The summed E-state index contributed by atoms with van der Waals surface area (Å²) in [5.74, 6) is -0.144. The van der Waals surface area contributed by atoms with E-state index in [0.717, 1.165) is 34.2 Å². The third-order valence-corrected chi connectivity index (χ3v) is 9.52. The van der Waals surface area contributed by atoms with Gasteiger partial charge in [0.25, 0.3) is 11.8 Å². The molecular formula is C30H30N4O5S2. The van der Waals surface area contributed by atoms with E-state index in [-0.39, 0.29) is 39.3 Å². The van der Waals surface area contributed by atoms with Crippen molar-refractivity contribution in [1.29, 1.82) is 0 Å². The van der Waals surface area contributed by atoms with Crippen molar-refractivity contribution in [1.82, 2.24) is 15.2 Å². The number of amides is 2. The van der Waals surface area contributed by atoms with Gasteiger partial charge in [0.05, 0.1) is 33.7 Å². The number of hydrogen-bond donors (Lipinski definition) is 2. The number of anilines is 1. The molecule has 1 aliphatic heterocycles. The number of rotatable bonds is 9. The zero-order valence-corrected chi connectivity index (χ0v) is 24.5. The van der Waals surface area contributed by atoms with E-state index >= 15 is 0 Å². The van der Waals surface area contributed by atoms with Crippen LogP contribution in [0.3, 0.4) is 0 Å². The summed E-state index contributed by atoms with van der Waals surface area (Å²) >= 11 is 1.46. The first-order valence-electron chi connectivity index (χ1n) is 13.1. The van der Waals surface area contributed by atoms with Gasteiger partial charge in [-0.2, -0.15) is 0 Å². The summed E-state index contributed by atoms with van der Waals surface area (Å²) in [6.45, 7) is 3.26. The minimum atomic E-state index is -3.94. The highest BCUT2D eigenvalue weighted by Crippen LogP contribution is 2.34. The Morgan fingerprint density at radius 1 is 1.07 bits per heavy atom. The number of aromatic nitrogens is 1. The summed E-state index contributed by atoms with van der Waals surface area (Å²) in [7, 11) is 0.143. The van der Waals surface area contributed by atoms with Crippen LogP contribution in [0.1, 0.15) is 38.9 Å². The molecule has 0 saturated heterocycles. The number of carbonyl (C=O) groups excluding carboxylic acids is 2. The first-order chi connectivity index (χ1) is 19.6. The Hall–Kier alpha value is -4.06. The monoisotopic (exact) mass is 590 g/mol. The maximum Gasteiger partial charge on any atom is 0.257 e. The van der Waals surface area contributed by atoms with E-state index in [2.05, 4.69) is 27.4 Å². The fourth-order valence-electron chi connectivity index (χ4n) is 4.40. The van der Waals surface area contributed by atoms with Crippen LogP contribution in [0.5, 0.6) is 5.75 Å². The lowest BCUT2D eigenvalue weighted by molar-refractivity contribution is 0.0949. The molecule has 1 unspecified atom stereocenters. The van der Waals surface area contributed by atoms with Gasteiger partial charge in [0.2, 0.25) is 9.84 Å². The molecular weight excluding hydrogens is 560 g/mol. The number of thiazole rings is 1. The van der Waals surface area contributed by atoms with Gasteiger partial charge in [0, 0.05) is 28.7 Å². The molecule has 2 heterocycles. The SMILES string of the molecule is CC(CCN(C)C)Oc1ccc(-c2ncc(CNC(=O)c3ccc4c(c3)NC(=O)c3ccccc3S4(=O)=O)s2)cc1. The lowest BCUT2D eigenvalue weighted by Crippen LogP contribution is -2.22. The highest BCUT2D eigenvalue weighted by molar-refractivity contribution is 7.91. The van der Waals surface area contributed by atoms with Crippen LogP contribution in [0.25, 0.3) is 10.6 Å². The number of nitrogens with zero attached hydrogens (tertiary/aromatic N) is 2. The molecule has 0 aliphatic carbocycles. The Labute approximate surface area is 243 Å². The second kappa shape index (κ2) is 11.8. The largest absolute Gasteiger partial charge is 0.491 e. The molecule has 5 rings (SSSR count). The van der Waals surface area contributed by atoms with E-state index in [9.17, 15) is 18.0 Å². The van der Waals surface area contributed by atoms with E-state index in [1.165, 1.54) is 41.7 Å². The van der Waals surface area contributed by atoms with Crippen molar-refractivity contribution in [3.63, 3.8) is 0 Å². The average molecular weight is 591 g/mol. The Bertz CT molecular complexity index is 1700. The van der Waals surface area contributed by atoms with Crippen LogP contribution < -0.4 is 15.4 Å². The van der Waals surface area contributed by atoms with Gasteiger partial charge in [-0.15, -0.1) is 11.3 Å². The van der Waals surface area contributed by atoms with Crippen molar-refractivity contribution in [2.24, 2.45) is 0 Å². The Balaban J connectivity index is 1.23. The molecule has 212 valence electrons. The van der Waals surface area contributed by atoms with Crippen LogP contribution in [0.4, 0.5) is 5.69 Å². The van der Waals surface area contributed by atoms with Crippen molar-refractivity contribution >= 4 is 38.7 Å². The van der Waals surface area contributed by atoms with E-state index in [1.807, 2.05) is 38.4 Å². The van der Waals surface area contributed by atoms with E-state index < -0.39 is 21.7 Å². The number of sulfone groups is 1.